The van der Waals surface area contributed by atoms with Crippen LogP contribution in [0.5, 0.6) is 11.5 Å². The van der Waals surface area contributed by atoms with E-state index in [1.165, 1.54) is 0 Å². The molecule has 0 fully saturated rings. The molecule has 132 valence electrons. The number of carbonyl (C=O) groups is 1. The zero-order valence-corrected chi connectivity index (χ0v) is 15.0. The summed E-state index contributed by atoms with van der Waals surface area (Å²) in [5.41, 5.74) is 0.551. The topological polar surface area (TPSA) is 76.6 Å². The van der Waals surface area contributed by atoms with Crippen molar-refractivity contribution in [1.82, 2.24) is 9.88 Å². The lowest BCUT2D eigenvalue weighted by Gasteiger charge is -2.24. The number of hydrogen-bond donors (Lipinski definition) is 0. The molecule has 0 aliphatic rings. The van der Waals surface area contributed by atoms with Gasteiger partial charge in [-0.1, -0.05) is 18.5 Å². The predicted octanol–water partition coefficient (Wildman–Crippen LogP) is 3.81. The van der Waals surface area contributed by atoms with E-state index in [9.17, 15) is 4.79 Å². The number of ether oxygens (including phenoxy) is 1. The highest BCUT2D eigenvalue weighted by atomic mass is 35.5. The van der Waals surface area contributed by atoms with E-state index >= 15 is 0 Å². The molecule has 1 heterocycles. The second-order valence-electron chi connectivity index (χ2n) is 5.19. The van der Waals surface area contributed by atoms with Crippen molar-refractivity contribution in [3.63, 3.8) is 0 Å². The van der Waals surface area contributed by atoms with Crippen molar-refractivity contribution in [2.75, 3.05) is 7.05 Å². The summed E-state index contributed by atoms with van der Waals surface area (Å²) < 4.78 is 5.68. The van der Waals surface area contributed by atoms with Crippen LogP contribution < -0.4 is 4.74 Å². The molecule has 1 aromatic carbocycles. The standard InChI is InChI=1S/C17H19ClN2O2.CO2/c1-4-12(2)20(3)17(21)13-5-6-16(15(18)11-13)22-14-7-9-19-10-8-14;2-1-3/h5-12H,4H2,1-3H3;. The van der Waals surface area contributed by atoms with Gasteiger partial charge < -0.3 is 9.64 Å². The summed E-state index contributed by atoms with van der Waals surface area (Å²) in [6, 6.07) is 8.74. The Balaban J connectivity index is 0.000000970. The zero-order chi connectivity index (χ0) is 18.8. The minimum absolute atomic E-state index is 0.0493. The first kappa shape index (κ1) is 20.4. The minimum atomic E-state index is -0.0493. The fourth-order valence-electron chi connectivity index (χ4n) is 1.93. The average Bonchev–Trinajstić information content (AvgIpc) is 2.63. The first-order valence-electron chi connectivity index (χ1n) is 7.58. The Morgan fingerprint density at radius 3 is 2.40 bits per heavy atom. The third-order valence-corrected chi connectivity index (χ3v) is 3.92. The molecule has 7 heteroatoms. The highest BCUT2D eigenvalue weighted by molar-refractivity contribution is 6.32. The molecule has 1 atom stereocenters. The van der Waals surface area contributed by atoms with Crippen LogP contribution in [-0.4, -0.2) is 35.0 Å². The summed E-state index contributed by atoms with van der Waals surface area (Å²) in [6.45, 7) is 4.06. The Morgan fingerprint density at radius 2 is 1.88 bits per heavy atom. The van der Waals surface area contributed by atoms with Crippen LogP contribution in [0.3, 0.4) is 0 Å². The lowest BCUT2D eigenvalue weighted by molar-refractivity contribution is -0.191. The number of hydrogen-bond acceptors (Lipinski definition) is 5. The highest BCUT2D eigenvalue weighted by Crippen LogP contribution is 2.30. The fourth-order valence-corrected chi connectivity index (χ4v) is 2.15. The van der Waals surface area contributed by atoms with Gasteiger partial charge in [0.15, 0.2) is 0 Å². The van der Waals surface area contributed by atoms with Gasteiger partial charge in [0.1, 0.15) is 11.5 Å². The number of aromatic nitrogens is 1. The van der Waals surface area contributed by atoms with Crippen molar-refractivity contribution in [3.05, 3.63) is 53.3 Å². The SMILES string of the molecule is CCC(C)N(C)C(=O)c1ccc(Oc2ccncc2)c(Cl)c1.O=C=O. The van der Waals surface area contributed by atoms with Crippen LogP contribution >= 0.6 is 11.6 Å². The smallest absolute Gasteiger partial charge is 0.373 e. The average molecular weight is 363 g/mol. The van der Waals surface area contributed by atoms with Gasteiger partial charge in [0.25, 0.3) is 5.91 Å². The Morgan fingerprint density at radius 1 is 1.28 bits per heavy atom. The molecular weight excluding hydrogens is 344 g/mol. The Hall–Kier alpha value is -2.69. The van der Waals surface area contributed by atoms with E-state index in [0.29, 0.717) is 22.1 Å². The molecular formula is C18H19ClN2O4. The predicted molar refractivity (Wildman–Crippen MR) is 92.6 cm³/mol. The number of benzene rings is 1. The van der Waals surface area contributed by atoms with Crippen LogP contribution in [0.25, 0.3) is 0 Å². The van der Waals surface area contributed by atoms with E-state index in [2.05, 4.69) is 4.98 Å². The molecule has 6 nitrogen and oxygen atoms in total. The Labute approximate surface area is 151 Å². The molecule has 0 aliphatic carbocycles. The van der Waals surface area contributed by atoms with Gasteiger partial charge in [0, 0.05) is 31.0 Å². The van der Waals surface area contributed by atoms with Gasteiger partial charge in [-0.05, 0) is 43.7 Å². The van der Waals surface area contributed by atoms with E-state index in [-0.39, 0.29) is 18.1 Å². The maximum atomic E-state index is 12.4. The van der Waals surface area contributed by atoms with Crippen molar-refractivity contribution in [2.45, 2.75) is 26.3 Å². The first-order valence-corrected chi connectivity index (χ1v) is 7.96. The van der Waals surface area contributed by atoms with Crippen molar-refractivity contribution in [2.24, 2.45) is 0 Å². The summed E-state index contributed by atoms with van der Waals surface area (Å²) in [7, 11) is 1.80. The fraction of sp³-hybridized carbons (Fsp3) is 0.278. The van der Waals surface area contributed by atoms with Crippen LogP contribution in [0, 0.1) is 0 Å². The lowest BCUT2D eigenvalue weighted by atomic mass is 10.1. The quantitative estimate of drug-likeness (QED) is 0.808. The normalized spacial score (nSPS) is 10.7. The van der Waals surface area contributed by atoms with E-state index in [1.807, 2.05) is 13.8 Å². The van der Waals surface area contributed by atoms with Crippen molar-refractivity contribution in [1.29, 1.82) is 0 Å². The minimum Gasteiger partial charge on any atom is -0.456 e. The van der Waals surface area contributed by atoms with Gasteiger partial charge in [-0.15, -0.1) is 0 Å². The van der Waals surface area contributed by atoms with E-state index in [1.54, 1.807) is 54.7 Å². The zero-order valence-electron chi connectivity index (χ0n) is 14.2. The number of pyridine rings is 1. The summed E-state index contributed by atoms with van der Waals surface area (Å²) in [5, 5.41) is 0.403. The van der Waals surface area contributed by atoms with Crippen LogP contribution in [0.4, 0.5) is 0 Å². The number of nitrogens with zero attached hydrogens (tertiary/aromatic N) is 2. The van der Waals surface area contributed by atoms with Gasteiger partial charge in [0.2, 0.25) is 0 Å². The van der Waals surface area contributed by atoms with E-state index < -0.39 is 0 Å². The summed E-state index contributed by atoms with van der Waals surface area (Å²) >= 11 is 6.23. The van der Waals surface area contributed by atoms with Crippen LogP contribution in [0.1, 0.15) is 30.6 Å². The summed E-state index contributed by atoms with van der Waals surface area (Å²) in [6.07, 6.45) is 4.43. The third kappa shape index (κ3) is 6.03. The molecule has 2 aromatic rings. The Bertz CT molecular complexity index is 731. The molecule has 0 spiro atoms. The van der Waals surface area contributed by atoms with Crippen LogP contribution in [0.2, 0.25) is 5.02 Å². The number of halogens is 1. The molecule has 1 aromatic heterocycles. The summed E-state index contributed by atoms with van der Waals surface area (Å²) in [5.74, 6) is 1.11. The van der Waals surface area contributed by atoms with Gasteiger partial charge in [-0.3, -0.25) is 9.78 Å². The number of rotatable bonds is 5. The van der Waals surface area contributed by atoms with Crippen molar-refractivity contribution >= 4 is 23.7 Å². The number of carbonyl (C=O) groups excluding carboxylic acids is 3. The van der Waals surface area contributed by atoms with Gasteiger partial charge in [0.05, 0.1) is 5.02 Å². The second-order valence-corrected chi connectivity index (χ2v) is 5.59. The van der Waals surface area contributed by atoms with Crippen molar-refractivity contribution in [3.8, 4) is 11.5 Å². The van der Waals surface area contributed by atoms with E-state index in [4.69, 9.17) is 25.9 Å². The molecule has 1 amide bonds. The summed E-state index contributed by atoms with van der Waals surface area (Å²) in [4.78, 5) is 34.3. The van der Waals surface area contributed by atoms with Crippen LogP contribution in [-0.2, 0) is 9.59 Å². The molecule has 2 rings (SSSR count). The third-order valence-electron chi connectivity index (χ3n) is 3.63. The van der Waals surface area contributed by atoms with Crippen molar-refractivity contribution < 1.29 is 19.1 Å². The molecule has 0 bridgehead atoms. The molecule has 25 heavy (non-hydrogen) atoms. The van der Waals surface area contributed by atoms with Gasteiger partial charge in [-0.2, -0.15) is 9.59 Å². The second kappa shape index (κ2) is 10.2. The molecule has 0 N–H and O–H groups in total. The number of amides is 1. The van der Waals surface area contributed by atoms with Gasteiger partial charge >= 0.3 is 6.15 Å². The maximum absolute atomic E-state index is 12.4. The molecule has 0 saturated heterocycles. The Kier molecular flexibility index (Phi) is 8.33. The van der Waals surface area contributed by atoms with Crippen LogP contribution in [0.15, 0.2) is 42.7 Å². The highest BCUT2D eigenvalue weighted by Gasteiger charge is 2.17. The van der Waals surface area contributed by atoms with Gasteiger partial charge in [-0.25, -0.2) is 0 Å². The molecule has 0 saturated carbocycles. The molecule has 0 radical (unpaired) electrons. The molecule has 1 unspecified atom stereocenters. The maximum Gasteiger partial charge on any atom is 0.373 e. The molecule has 0 aliphatic heterocycles. The first-order chi connectivity index (χ1) is 11.9. The largest absolute Gasteiger partial charge is 0.456 e. The monoisotopic (exact) mass is 362 g/mol. The lowest BCUT2D eigenvalue weighted by Crippen LogP contribution is -2.34. The van der Waals surface area contributed by atoms with E-state index in [0.717, 1.165) is 6.42 Å².